The maximum absolute atomic E-state index is 14.5. The number of piperazine rings is 1. The molecular formula is C18H21F4N3O4. The Labute approximate surface area is 163 Å². The number of carbonyl (C=O) groups is 1. The second kappa shape index (κ2) is 7.36. The normalized spacial score (nSPS) is 17.0. The lowest BCUT2D eigenvalue weighted by Gasteiger charge is -2.36. The number of nitrogens with zero attached hydrogens (tertiary/aromatic N) is 3. The summed E-state index contributed by atoms with van der Waals surface area (Å²) < 4.78 is 62.7. The van der Waals surface area contributed by atoms with Gasteiger partial charge in [-0.3, -0.25) is 0 Å². The third-order valence-electron chi connectivity index (χ3n) is 4.29. The Hall–Kier alpha value is -2.56. The molecule has 1 unspecified atom stereocenters. The standard InChI is InChI=1S/C18H21F4N3O4/c1-17(2,3)29-16(27)25-6-4-24(5-7-25)12-9-13-11(8-10(12)19)23-15(28-13)14(26)18(20,21)22/h8-9,14,26H,4-7H2,1-3H3. The smallest absolute Gasteiger partial charge is 0.423 e. The maximum Gasteiger partial charge on any atom is 0.423 e. The van der Waals surface area contributed by atoms with Gasteiger partial charge in [0, 0.05) is 38.3 Å². The Balaban J connectivity index is 1.75. The Morgan fingerprint density at radius 3 is 2.38 bits per heavy atom. The molecule has 1 saturated heterocycles. The van der Waals surface area contributed by atoms with Crippen molar-refractivity contribution < 1.29 is 36.6 Å². The average molecular weight is 419 g/mol. The number of aliphatic hydroxyl groups excluding tert-OH is 1. The molecule has 29 heavy (non-hydrogen) atoms. The van der Waals surface area contributed by atoms with Gasteiger partial charge in [0.1, 0.15) is 16.9 Å². The minimum Gasteiger partial charge on any atom is -0.444 e. The van der Waals surface area contributed by atoms with Crippen LogP contribution in [-0.2, 0) is 4.74 Å². The van der Waals surface area contributed by atoms with Crippen molar-refractivity contribution >= 4 is 22.9 Å². The number of benzene rings is 1. The lowest BCUT2D eigenvalue weighted by molar-refractivity contribution is -0.212. The highest BCUT2D eigenvalue weighted by Gasteiger charge is 2.43. The lowest BCUT2D eigenvalue weighted by atomic mass is 10.2. The summed E-state index contributed by atoms with van der Waals surface area (Å²) in [6.07, 6.45) is -8.30. The molecule has 3 rings (SSSR count). The van der Waals surface area contributed by atoms with E-state index in [1.165, 1.54) is 11.0 Å². The van der Waals surface area contributed by atoms with Gasteiger partial charge in [-0.25, -0.2) is 14.2 Å². The first kappa shape index (κ1) is 21.2. The van der Waals surface area contributed by atoms with Crippen LogP contribution in [0.1, 0.15) is 32.8 Å². The first-order chi connectivity index (χ1) is 13.3. The minimum absolute atomic E-state index is 0.0747. The topological polar surface area (TPSA) is 79.0 Å². The molecule has 0 spiro atoms. The van der Waals surface area contributed by atoms with Crippen LogP contribution in [0.5, 0.6) is 0 Å². The van der Waals surface area contributed by atoms with Crippen LogP contribution < -0.4 is 4.90 Å². The number of aliphatic hydroxyl groups is 1. The van der Waals surface area contributed by atoms with Crippen LogP contribution >= 0.6 is 0 Å². The number of fused-ring (bicyclic) bond motifs is 1. The number of rotatable bonds is 2. The van der Waals surface area contributed by atoms with Gasteiger partial charge >= 0.3 is 12.3 Å². The molecule has 0 saturated carbocycles. The summed E-state index contributed by atoms with van der Waals surface area (Å²) in [6, 6.07) is 2.20. The molecule has 1 aliphatic heterocycles. The van der Waals surface area contributed by atoms with Gasteiger partial charge in [-0.15, -0.1) is 0 Å². The highest BCUT2D eigenvalue weighted by molar-refractivity contribution is 5.78. The number of aromatic nitrogens is 1. The minimum atomic E-state index is -4.94. The second-order valence-corrected chi connectivity index (χ2v) is 7.72. The molecule has 7 nitrogen and oxygen atoms in total. The molecule has 0 bridgehead atoms. The van der Waals surface area contributed by atoms with E-state index in [1.807, 2.05) is 0 Å². The zero-order chi connectivity index (χ0) is 21.6. The average Bonchev–Trinajstić information content (AvgIpc) is 3.00. The van der Waals surface area contributed by atoms with Crippen molar-refractivity contribution in [1.29, 1.82) is 0 Å². The zero-order valence-corrected chi connectivity index (χ0v) is 16.1. The number of ether oxygens (including phenoxy) is 1. The highest BCUT2D eigenvalue weighted by atomic mass is 19.4. The van der Waals surface area contributed by atoms with E-state index >= 15 is 0 Å². The van der Waals surface area contributed by atoms with Crippen LogP contribution in [-0.4, -0.2) is 59.0 Å². The second-order valence-electron chi connectivity index (χ2n) is 7.72. The summed E-state index contributed by atoms with van der Waals surface area (Å²) in [5.41, 5.74) is -0.715. The monoisotopic (exact) mass is 419 g/mol. The number of hydrogen-bond donors (Lipinski definition) is 1. The Morgan fingerprint density at radius 2 is 1.83 bits per heavy atom. The predicted octanol–water partition coefficient (Wildman–Crippen LogP) is 3.62. The molecule has 160 valence electrons. The van der Waals surface area contributed by atoms with E-state index < -0.39 is 35.7 Å². The molecule has 1 aromatic heterocycles. The van der Waals surface area contributed by atoms with E-state index in [0.717, 1.165) is 6.07 Å². The number of halogens is 4. The Bertz CT molecular complexity index is 899. The quantitative estimate of drug-likeness (QED) is 0.750. The van der Waals surface area contributed by atoms with Crippen molar-refractivity contribution in [3.05, 3.63) is 23.8 Å². The molecule has 2 heterocycles. The van der Waals surface area contributed by atoms with Gasteiger partial charge in [0.15, 0.2) is 5.58 Å². The fourth-order valence-electron chi connectivity index (χ4n) is 2.91. The van der Waals surface area contributed by atoms with E-state index in [4.69, 9.17) is 9.15 Å². The van der Waals surface area contributed by atoms with Crippen molar-refractivity contribution in [3.8, 4) is 0 Å². The summed E-state index contributed by atoms with van der Waals surface area (Å²) in [4.78, 5) is 18.8. The number of alkyl halides is 3. The van der Waals surface area contributed by atoms with Crippen LogP contribution in [0.4, 0.5) is 28.0 Å². The molecule has 1 amide bonds. The van der Waals surface area contributed by atoms with Gasteiger partial charge in [-0.1, -0.05) is 0 Å². The summed E-state index contributed by atoms with van der Waals surface area (Å²) in [5, 5.41) is 9.27. The van der Waals surface area contributed by atoms with Gasteiger partial charge in [0.25, 0.3) is 0 Å². The van der Waals surface area contributed by atoms with Crippen molar-refractivity contribution in [2.45, 2.75) is 38.7 Å². The van der Waals surface area contributed by atoms with E-state index in [0.29, 0.717) is 26.2 Å². The molecular weight excluding hydrogens is 398 g/mol. The van der Waals surface area contributed by atoms with Crippen molar-refractivity contribution in [2.75, 3.05) is 31.1 Å². The van der Waals surface area contributed by atoms with Crippen molar-refractivity contribution in [1.82, 2.24) is 9.88 Å². The van der Waals surface area contributed by atoms with Crippen molar-refractivity contribution in [3.63, 3.8) is 0 Å². The number of amides is 1. The predicted molar refractivity (Wildman–Crippen MR) is 95.0 cm³/mol. The third kappa shape index (κ3) is 4.72. The van der Waals surface area contributed by atoms with Crippen molar-refractivity contribution in [2.24, 2.45) is 0 Å². The molecule has 2 aromatic rings. The number of hydrogen-bond acceptors (Lipinski definition) is 6. The molecule has 1 atom stereocenters. The summed E-state index contributed by atoms with van der Waals surface area (Å²) in [5.74, 6) is -1.64. The summed E-state index contributed by atoms with van der Waals surface area (Å²) >= 11 is 0. The number of carbonyl (C=O) groups excluding carboxylic acids is 1. The zero-order valence-electron chi connectivity index (χ0n) is 16.1. The van der Waals surface area contributed by atoms with Gasteiger partial charge in [0.05, 0.1) is 5.69 Å². The number of oxazole rings is 1. The fourth-order valence-corrected chi connectivity index (χ4v) is 2.91. The van der Waals surface area contributed by atoms with E-state index in [1.54, 1.807) is 25.7 Å². The molecule has 1 N–H and O–H groups in total. The van der Waals surface area contributed by atoms with Crippen LogP contribution in [0.3, 0.4) is 0 Å². The highest BCUT2D eigenvalue weighted by Crippen LogP contribution is 2.35. The maximum atomic E-state index is 14.5. The Morgan fingerprint density at radius 1 is 1.21 bits per heavy atom. The molecule has 0 aliphatic carbocycles. The summed E-state index contributed by atoms with van der Waals surface area (Å²) in [6.45, 7) is 6.46. The van der Waals surface area contributed by atoms with E-state index in [9.17, 15) is 27.5 Å². The molecule has 1 fully saturated rings. The van der Waals surface area contributed by atoms with E-state index in [-0.39, 0.29) is 16.8 Å². The molecule has 1 aromatic carbocycles. The SMILES string of the molecule is CC(C)(C)OC(=O)N1CCN(c2cc3oc(C(O)C(F)(F)F)nc3cc2F)CC1. The first-order valence-electron chi connectivity index (χ1n) is 8.93. The number of anilines is 1. The molecule has 11 heteroatoms. The summed E-state index contributed by atoms with van der Waals surface area (Å²) in [7, 11) is 0. The van der Waals surface area contributed by atoms with Crippen LogP contribution in [0.25, 0.3) is 11.1 Å². The first-order valence-corrected chi connectivity index (χ1v) is 8.93. The molecule has 1 aliphatic rings. The van der Waals surface area contributed by atoms with Gasteiger partial charge in [-0.05, 0) is 20.8 Å². The van der Waals surface area contributed by atoms with Gasteiger partial charge in [-0.2, -0.15) is 13.2 Å². The Kier molecular flexibility index (Phi) is 5.37. The molecule has 0 radical (unpaired) electrons. The van der Waals surface area contributed by atoms with E-state index in [2.05, 4.69) is 4.98 Å². The lowest BCUT2D eigenvalue weighted by Crippen LogP contribution is -2.50. The van der Waals surface area contributed by atoms with Crippen LogP contribution in [0.2, 0.25) is 0 Å². The largest absolute Gasteiger partial charge is 0.444 e. The van der Waals surface area contributed by atoms with Gasteiger partial charge in [0.2, 0.25) is 12.0 Å². The fraction of sp³-hybridized carbons (Fsp3) is 0.556. The van der Waals surface area contributed by atoms with Crippen LogP contribution in [0.15, 0.2) is 16.5 Å². The van der Waals surface area contributed by atoms with Gasteiger partial charge < -0.3 is 24.1 Å². The third-order valence-corrected chi connectivity index (χ3v) is 4.29. The van der Waals surface area contributed by atoms with Crippen LogP contribution in [0, 0.1) is 5.82 Å².